The maximum atomic E-state index is 10.0. The zero-order valence-electron chi connectivity index (χ0n) is 12.1. The van der Waals surface area contributed by atoms with Crippen molar-refractivity contribution in [3.05, 3.63) is 0 Å². The normalized spacial score (nSPS) is 39.3. The molecule has 114 valence electrons. The molecule has 0 aromatic carbocycles. The van der Waals surface area contributed by atoms with Crippen LogP contribution in [0.1, 0.15) is 27.7 Å². The standard InChI is InChI=1S/C13H27NO5/c1-5-18-7(4)12-10(16)9(15)11(17)13(19-12)8(14)6(2)3/h6-13,15-17H,5,14H2,1-4H3. The monoisotopic (exact) mass is 277 g/mol. The van der Waals surface area contributed by atoms with Crippen LogP contribution in [-0.4, -0.2) is 64.6 Å². The Bertz CT molecular complexity index is 276. The quantitative estimate of drug-likeness (QED) is 0.527. The number of hydrogen-bond donors (Lipinski definition) is 4. The molecule has 0 aromatic rings. The van der Waals surface area contributed by atoms with Crippen molar-refractivity contribution in [1.29, 1.82) is 0 Å². The van der Waals surface area contributed by atoms with Crippen LogP contribution >= 0.6 is 0 Å². The first-order valence-electron chi connectivity index (χ1n) is 6.88. The van der Waals surface area contributed by atoms with Gasteiger partial charge in [0.25, 0.3) is 0 Å². The average Bonchev–Trinajstić information content (AvgIpc) is 2.35. The molecule has 1 aliphatic rings. The molecule has 7 atom stereocenters. The zero-order chi connectivity index (χ0) is 14.7. The van der Waals surface area contributed by atoms with Crippen LogP contribution in [0.4, 0.5) is 0 Å². The molecule has 6 heteroatoms. The molecule has 1 rings (SSSR count). The fraction of sp³-hybridized carbons (Fsp3) is 1.00. The number of hydrogen-bond acceptors (Lipinski definition) is 6. The van der Waals surface area contributed by atoms with E-state index >= 15 is 0 Å². The van der Waals surface area contributed by atoms with Gasteiger partial charge in [-0.1, -0.05) is 13.8 Å². The lowest BCUT2D eigenvalue weighted by molar-refractivity contribution is -0.251. The van der Waals surface area contributed by atoms with Crippen LogP contribution in [0.2, 0.25) is 0 Å². The summed E-state index contributed by atoms with van der Waals surface area (Å²) in [6.45, 7) is 7.92. The third kappa shape index (κ3) is 3.65. The molecule has 5 N–H and O–H groups in total. The van der Waals surface area contributed by atoms with E-state index in [2.05, 4.69) is 0 Å². The maximum Gasteiger partial charge on any atom is 0.112 e. The first kappa shape index (κ1) is 16.8. The van der Waals surface area contributed by atoms with Crippen molar-refractivity contribution in [3.63, 3.8) is 0 Å². The molecule has 0 amide bonds. The van der Waals surface area contributed by atoms with Gasteiger partial charge in [0.2, 0.25) is 0 Å². The lowest BCUT2D eigenvalue weighted by atomic mass is 9.86. The smallest absolute Gasteiger partial charge is 0.112 e. The van der Waals surface area contributed by atoms with E-state index in [1.54, 1.807) is 6.92 Å². The predicted molar refractivity (Wildman–Crippen MR) is 70.6 cm³/mol. The molecule has 19 heavy (non-hydrogen) atoms. The highest BCUT2D eigenvalue weighted by Gasteiger charge is 2.48. The first-order chi connectivity index (χ1) is 8.81. The van der Waals surface area contributed by atoms with Gasteiger partial charge in [-0.15, -0.1) is 0 Å². The summed E-state index contributed by atoms with van der Waals surface area (Å²) in [5.74, 6) is 0.0881. The average molecular weight is 277 g/mol. The highest BCUT2D eigenvalue weighted by molar-refractivity contribution is 4.98. The summed E-state index contributed by atoms with van der Waals surface area (Å²) in [5.41, 5.74) is 6.01. The van der Waals surface area contributed by atoms with Crippen molar-refractivity contribution in [1.82, 2.24) is 0 Å². The van der Waals surface area contributed by atoms with E-state index in [-0.39, 0.29) is 12.0 Å². The highest BCUT2D eigenvalue weighted by Crippen LogP contribution is 2.27. The van der Waals surface area contributed by atoms with Crippen molar-refractivity contribution < 1.29 is 24.8 Å². The lowest BCUT2D eigenvalue weighted by Crippen LogP contribution is -2.65. The van der Waals surface area contributed by atoms with E-state index in [0.29, 0.717) is 6.61 Å². The van der Waals surface area contributed by atoms with Crippen LogP contribution in [0.5, 0.6) is 0 Å². The minimum atomic E-state index is -1.28. The van der Waals surface area contributed by atoms with E-state index in [0.717, 1.165) is 0 Å². The summed E-state index contributed by atoms with van der Waals surface area (Å²) in [6.07, 6.45) is -5.47. The minimum absolute atomic E-state index is 0.0881. The molecular weight excluding hydrogens is 250 g/mol. The van der Waals surface area contributed by atoms with Gasteiger partial charge in [-0.05, 0) is 19.8 Å². The van der Waals surface area contributed by atoms with Gasteiger partial charge in [0, 0.05) is 12.6 Å². The first-order valence-corrected chi connectivity index (χ1v) is 6.88. The van der Waals surface area contributed by atoms with E-state index in [1.165, 1.54) is 0 Å². The number of nitrogens with two attached hydrogens (primary N) is 1. The molecular formula is C13H27NO5. The van der Waals surface area contributed by atoms with Gasteiger partial charge in [0.15, 0.2) is 0 Å². The molecule has 0 aliphatic carbocycles. The van der Waals surface area contributed by atoms with E-state index in [1.807, 2.05) is 20.8 Å². The Hall–Kier alpha value is -0.240. The van der Waals surface area contributed by atoms with E-state index < -0.39 is 36.6 Å². The number of aliphatic hydroxyl groups is 3. The fourth-order valence-electron chi connectivity index (χ4n) is 2.38. The van der Waals surface area contributed by atoms with Gasteiger partial charge in [-0.3, -0.25) is 0 Å². The molecule has 7 unspecified atom stereocenters. The second kappa shape index (κ2) is 6.97. The SMILES string of the molecule is CCOC(C)C1OC(C(N)C(C)C)C(O)C(O)C1O. The number of rotatable bonds is 5. The van der Waals surface area contributed by atoms with Crippen LogP contribution in [0, 0.1) is 5.92 Å². The Morgan fingerprint density at radius 2 is 1.58 bits per heavy atom. The van der Waals surface area contributed by atoms with Gasteiger partial charge in [0.1, 0.15) is 30.5 Å². The van der Waals surface area contributed by atoms with Crippen molar-refractivity contribution >= 4 is 0 Å². The molecule has 1 aliphatic heterocycles. The number of aliphatic hydroxyl groups excluding tert-OH is 3. The summed E-state index contributed by atoms with van der Waals surface area (Å²) in [5, 5.41) is 29.9. The van der Waals surface area contributed by atoms with E-state index in [9.17, 15) is 15.3 Å². The van der Waals surface area contributed by atoms with Crippen LogP contribution in [0.3, 0.4) is 0 Å². The summed E-state index contributed by atoms with van der Waals surface area (Å²) in [6, 6.07) is -0.423. The Morgan fingerprint density at radius 3 is 2.05 bits per heavy atom. The molecule has 0 saturated carbocycles. The Morgan fingerprint density at radius 1 is 1.05 bits per heavy atom. The van der Waals surface area contributed by atoms with Crippen molar-refractivity contribution in [3.8, 4) is 0 Å². The van der Waals surface area contributed by atoms with Crippen LogP contribution < -0.4 is 5.73 Å². The van der Waals surface area contributed by atoms with Crippen molar-refractivity contribution in [2.45, 2.75) is 70.4 Å². The summed E-state index contributed by atoms with van der Waals surface area (Å²) in [7, 11) is 0. The third-order valence-corrected chi connectivity index (χ3v) is 3.73. The van der Waals surface area contributed by atoms with Gasteiger partial charge >= 0.3 is 0 Å². The molecule has 1 fully saturated rings. The lowest BCUT2D eigenvalue weighted by Gasteiger charge is -2.45. The van der Waals surface area contributed by atoms with Crippen molar-refractivity contribution in [2.75, 3.05) is 6.61 Å². The van der Waals surface area contributed by atoms with Gasteiger partial charge in [-0.25, -0.2) is 0 Å². The fourth-order valence-corrected chi connectivity index (χ4v) is 2.38. The third-order valence-electron chi connectivity index (χ3n) is 3.73. The van der Waals surface area contributed by atoms with Gasteiger partial charge in [0.05, 0.1) is 6.10 Å². The van der Waals surface area contributed by atoms with Gasteiger partial charge < -0.3 is 30.5 Å². The summed E-state index contributed by atoms with van der Waals surface area (Å²) < 4.78 is 11.1. The zero-order valence-corrected chi connectivity index (χ0v) is 12.1. The van der Waals surface area contributed by atoms with Crippen molar-refractivity contribution in [2.24, 2.45) is 11.7 Å². The Balaban J connectivity index is 2.84. The molecule has 1 saturated heterocycles. The van der Waals surface area contributed by atoms with Gasteiger partial charge in [-0.2, -0.15) is 0 Å². The Labute approximate surface area is 114 Å². The molecule has 0 radical (unpaired) electrons. The predicted octanol–water partition coefficient (Wildman–Crippen LogP) is -0.755. The molecule has 0 aromatic heterocycles. The van der Waals surface area contributed by atoms with Crippen LogP contribution in [-0.2, 0) is 9.47 Å². The number of ether oxygens (including phenoxy) is 2. The van der Waals surface area contributed by atoms with E-state index in [4.69, 9.17) is 15.2 Å². The molecule has 1 heterocycles. The topological polar surface area (TPSA) is 105 Å². The molecule has 0 spiro atoms. The molecule has 6 nitrogen and oxygen atoms in total. The minimum Gasteiger partial charge on any atom is -0.388 e. The summed E-state index contributed by atoms with van der Waals surface area (Å²) >= 11 is 0. The van der Waals surface area contributed by atoms with Crippen LogP contribution in [0.25, 0.3) is 0 Å². The largest absolute Gasteiger partial charge is 0.388 e. The molecule has 0 bridgehead atoms. The second-order valence-electron chi connectivity index (χ2n) is 5.52. The summed E-state index contributed by atoms with van der Waals surface area (Å²) in [4.78, 5) is 0. The van der Waals surface area contributed by atoms with Crippen LogP contribution in [0.15, 0.2) is 0 Å². The Kier molecular flexibility index (Phi) is 6.16. The highest BCUT2D eigenvalue weighted by atomic mass is 16.6. The maximum absolute atomic E-state index is 10.0. The second-order valence-corrected chi connectivity index (χ2v) is 5.52.